The van der Waals surface area contributed by atoms with E-state index in [1.165, 1.54) is 30.5 Å². The van der Waals surface area contributed by atoms with E-state index in [4.69, 9.17) is 26.8 Å². The van der Waals surface area contributed by atoms with E-state index in [0.717, 1.165) is 6.20 Å². The minimum Gasteiger partial charge on any atom is -0.493 e. The zero-order valence-electron chi connectivity index (χ0n) is 23.6. The molecule has 9 nitrogen and oxygen atoms in total. The highest BCUT2D eigenvalue weighted by Gasteiger charge is 2.18. The van der Waals surface area contributed by atoms with Crippen LogP contribution >= 0.6 is 11.6 Å². The maximum Gasteiger partial charge on any atom is 0.442 e. The van der Waals surface area contributed by atoms with Crippen LogP contribution < -0.4 is 15.4 Å². The first kappa shape index (κ1) is 32.0. The lowest BCUT2D eigenvalue weighted by atomic mass is 10.0. The molecule has 2 aromatic heterocycles. The standard InChI is InChI=1S/C28H34ClF2N5O4S/c1-28(2,3)40-27(37)35-41(5,38)17-18-12-24(29)34-26(13-18)36(4)10-6-7-11-39-23-14-19(30)8-9-20(23)21-15-25(32)33-16-22(21)31/h8-9,12-16H,6-7,10-11,17H2,1-5H3,(H2,32,33). The molecule has 1 unspecified atom stereocenters. The SMILES string of the molecule is CN(CCCCOc1cc(F)ccc1-c1cc(N)ncc1F)c1cc(CS(C)(=O)=NC(=O)OC(C)(C)C)cc(Cl)n1. The third-order valence-corrected chi connectivity index (χ3v) is 7.18. The fourth-order valence-electron chi connectivity index (χ4n) is 3.84. The van der Waals surface area contributed by atoms with Crippen LogP contribution in [0.2, 0.25) is 5.15 Å². The van der Waals surface area contributed by atoms with Gasteiger partial charge >= 0.3 is 6.09 Å². The Bertz CT molecular complexity index is 1520. The van der Waals surface area contributed by atoms with Crippen molar-refractivity contribution in [2.75, 3.05) is 37.1 Å². The molecule has 0 spiro atoms. The van der Waals surface area contributed by atoms with E-state index in [0.29, 0.717) is 36.3 Å². The van der Waals surface area contributed by atoms with Crippen LogP contribution in [0.25, 0.3) is 11.1 Å². The number of hydrogen-bond acceptors (Lipinski definition) is 8. The number of carbonyl (C=O) groups excluding carboxylic acids is 1. The molecule has 222 valence electrons. The fourth-order valence-corrected chi connectivity index (χ4v) is 5.27. The summed E-state index contributed by atoms with van der Waals surface area (Å²) < 4.78 is 56.0. The summed E-state index contributed by atoms with van der Waals surface area (Å²) in [7, 11) is -1.10. The number of halogens is 3. The molecule has 3 aromatic rings. The molecule has 0 saturated heterocycles. The summed E-state index contributed by atoms with van der Waals surface area (Å²) >= 11 is 6.22. The first-order valence-electron chi connectivity index (χ1n) is 12.8. The molecule has 1 amide bonds. The van der Waals surface area contributed by atoms with Crippen molar-refractivity contribution in [1.82, 2.24) is 9.97 Å². The molecule has 3 rings (SSSR count). The quantitative estimate of drug-likeness (QED) is 0.205. The molecule has 13 heteroatoms. The summed E-state index contributed by atoms with van der Waals surface area (Å²) in [6, 6.07) is 8.56. The molecule has 1 atom stereocenters. The normalized spacial score (nSPS) is 12.9. The number of nitrogen functional groups attached to an aromatic ring is 1. The molecular formula is C28H34ClF2N5O4S. The second-order valence-corrected chi connectivity index (χ2v) is 13.3. The van der Waals surface area contributed by atoms with Crippen molar-refractivity contribution in [3.63, 3.8) is 0 Å². The Morgan fingerprint density at radius 2 is 1.88 bits per heavy atom. The van der Waals surface area contributed by atoms with Gasteiger partial charge in [-0.25, -0.2) is 27.8 Å². The Morgan fingerprint density at radius 1 is 1.15 bits per heavy atom. The van der Waals surface area contributed by atoms with Gasteiger partial charge in [0.05, 0.1) is 28.3 Å². The molecular weight excluding hydrogens is 576 g/mol. The first-order chi connectivity index (χ1) is 19.1. The van der Waals surface area contributed by atoms with E-state index in [2.05, 4.69) is 14.3 Å². The number of pyridine rings is 2. The van der Waals surface area contributed by atoms with Crippen LogP contribution in [0.4, 0.5) is 25.2 Å². The van der Waals surface area contributed by atoms with Crippen LogP contribution in [-0.4, -0.2) is 52.3 Å². The number of rotatable bonds is 10. The van der Waals surface area contributed by atoms with Crippen molar-refractivity contribution in [3.05, 3.63) is 64.9 Å². The van der Waals surface area contributed by atoms with Crippen molar-refractivity contribution in [1.29, 1.82) is 0 Å². The smallest absolute Gasteiger partial charge is 0.442 e. The van der Waals surface area contributed by atoms with E-state index < -0.39 is 33.1 Å². The number of amides is 1. The highest BCUT2D eigenvalue weighted by atomic mass is 35.5. The van der Waals surface area contributed by atoms with Crippen LogP contribution in [0, 0.1) is 11.6 Å². The molecule has 0 bridgehead atoms. The molecule has 41 heavy (non-hydrogen) atoms. The van der Waals surface area contributed by atoms with E-state index in [1.54, 1.807) is 32.9 Å². The lowest BCUT2D eigenvalue weighted by molar-refractivity contribution is 0.0607. The highest BCUT2D eigenvalue weighted by molar-refractivity contribution is 7.92. The van der Waals surface area contributed by atoms with Gasteiger partial charge in [-0.15, -0.1) is 4.36 Å². The van der Waals surface area contributed by atoms with E-state index >= 15 is 0 Å². The van der Waals surface area contributed by atoms with Gasteiger partial charge < -0.3 is 20.1 Å². The van der Waals surface area contributed by atoms with Crippen LogP contribution in [0.15, 0.2) is 47.0 Å². The summed E-state index contributed by atoms with van der Waals surface area (Å²) in [4.78, 5) is 22.0. The number of benzene rings is 1. The zero-order valence-corrected chi connectivity index (χ0v) is 25.2. The van der Waals surface area contributed by atoms with E-state index in [-0.39, 0.29) is 34.6 Å². The Morgan fingerprint density at radius 3 is 2.59 bits per heavy atom. The predicted octanol–water partition coefficient (Wildman–Crippen LogP) is 6.49. The van der Waals surface area contributed by atoms with Crippen LogP contribution in [-0.2, 0) is 20.2 Å². The monoisotopic (exact) mass is 609 g/mol. The molecule has 1 aromatic carbocycles. The number of aromatic nitrogens is 2. The number of hydrogen-bond donors (Lipinski definition) is 1. The van der Waals surface area contributed by atoms with Crippen molar-refractivity contribution < 1.29 is 27.3 Å². The van der Waals surface area contributed by atoms with Gasteiger partial charge in [0.15, 0.2) is 0 Å². The van der Waals surface area contributed by atoms with Crippen molar-refractivity contribution in [2.45, 2.75) is 45.0 Å². The van der Waals surface area contributed by atoms with Gasteiger partial charge in [0.2, 0.25) is 0 Å². The number of unbranched alkanes of at least 4 members (excludes halogenated alkanes) is 1. The van der Waals surface area contributed by atoms with Crippen molar-refractivity contribution in [2.24, 2.45) is 4.36 Å². The summed E-state index contributed by atoms with van der Waals surface area (Å²) in [5.41, 5.74) is 6.10. The topological polar surface area (TPSA) is 120 Å². The van der Waals surface area contributed by atoms with Crippen LogP contribution in [0.1, 0.15) is 39.2 Å². The average Bonchev–Trinajstić information content (AvgIpc) is 2.83. The molecule has 0 aliphatic rings. The predicted molar refractivity (Wildman–Crippen MR) is 158 cm³/mol. The molecule has 0 fully saturated rings. The number of nitrogens with two attached hydrogens (primary N) is 1. The Hall–Kier alpha value is -3.51. The van der Waals surface area contributed by atoms with Gasteiger partial charge in [-0.2, -0.15) is 0 Å². The van der Waals surface area contributed by atoms with Crippen LogP contribution in [0.3, 0.4) is 0 Å². The second-order valence-electron chi connectivity index (χ2n) is 10.5. The maximum atomic E-state index is 14.4. The van der Waals surface area contributed by atoms with E-state index in [1.807, 2.05) is 11.9 Å². The van der Waals surface area contributed by atoms with Gasteiger partial charge in [0, 0.05) is 37.0 Å². The van der Waals surface area contributed by atoms with Gasteiger partial charge in [-0.05, 0) is 69.5 Å². The number of ether oxygens (including phenoxy) is 2. The zero-order chi connectivity index (χ0) is 30.4. The fraction of sp³-hybridized carbons (Fsp3) is 0.393. The average molecular weight is 610 g/mol. The Balaban J connectivity index is 1.60. The molecule has 2 N–H and O–H groups in total. The van der Waals surface area contributed by atoms with Crippen molar-refractivity contribution >= 4 is 39.1 Å². The third-order valence-electron chi connectivity index (χ3n) is 5.58. The summed E-state index contributed by atoms with van der Waals surface area (Å²) in [5, 5.41) is 0.211. The third kappa shape index (κ3) is 10.1. The Labute approximate surface area is 244 Å². The molecule has 0 aliphatic heterocycles. The van der Waals surface area contributed by atoms with Crippen molar-refractivity contribution in [3.8, 4) is 16.9 Å². The highest BCUT2D eigenvalue weighted by Crippen LogP contribution is 2.33. The lowest BCUT2D eigenvalue weighted by Crippen LogP contribution is -2.23. The second kappa shape index (κ2) is 13.4. The number of carbonyl (C=O) groups is 1. The molecule has 0 aliphatic carbocycles. The first-order valence-corrected chi connectivity index (χ1v) is 15.2. The Kier molecular flexibility index (Phi) is 10.5. The van der Waals surface area contributed by atoms with Gasteiger partial charge in [-0.3, -0.25) is 0 Å². The minimum atomic E-state index is -2.93. The minimum absolute atomic E-state index is 0.0111. The number of anilines is 2. The van der Waals surface area contributed by atoms with Gasteiger partial charge in [0.25, 0.3) is 0 Å². The van der Waals surface area contributed by atoms with Crippen LogP contribution in [0.5, 0.6) is 5.75 Å². The molecule has 0 saturated carbocycles. The van der Waals surface area contributed by atoms with Gasteiger partial charge in [-0.1, -0.05) is 11.6 Å². The summed E-state index contributed by atoms with van der Waals surface area (Å²) in [5.74, 6) is -0.228. The molecule has 2 heterocycles. The maximum absolute atomic E-state index is 14.4. The molecule has 0 radical (unpaired) electrons. The summed E-state index contributed by atoms with van der Waals surface area (Å²) in [6.45, 7) is 5.94. The summed E-state index contributed by atoms with van der Waals surface area (Å²) in [6.07, 6.45) is 2.80. The largest absolute Gasteiger partial charge is 0.493 e. The van der Waals surface area contributed by atoms with E-state index in [9.17, 15) is 17.8 Å². The lowest BCUT2D eigenvalue weighted by Gasteiger charge is -2.20. The van der Waals surface area contributed by atoms with Gasteiger partial charge in [0.1, 0.15) is 39.8 Å². The number of nitrogens with zero attached hydrogens (tertiary/aromatic N) is 4.